The quantitative estimate of drug-likeness (QED) is 0.792. The first-order valence-electron chi connectivity index (χ1n) is 5.76. The molecule has 0 aliphatic rings. The minimum atomic E-state index is -0.0151. The zero-order valence-corrected chi connectivity index (χ0v) is 11.0. The zero-order valence-electron chi connectivity index (χ0n) is 10.3. The molecule has 0 saturated carbocycles. The first kappa shape index (κ1) is 13.8. The second-order valence-corrected chi connectivity index (χ2v) is 4.19. The molecule has 0 aromatic heterocycles. The maximum atomic E-state index is 11.5. The van der Waals surface area contributed by atoms with Crippen LogP contribution in [0.2, 0.25) is 0 Å². The predicted octanol–water partition coefficient (Wildman–Crippen LogP) is 3.35. The Kier molecular flexibility index (Phi) is 5.84. The fraction of sp³-hybridized carbons (Fsp3) is 0.462. The highest BCUT2D eigenvalue weighted by Gasteiger charge is 2.04. The average Bonchev–Trinajstić information content (AvgIpc) is 2.26. The van der Waals surface area contributed by atoms with Crippen LogP contribution < -0.4 is 10.1 Å². The van der Waals surface area contributed by atoms with Gasteiger partial charge in [0, 0.05) is 24.1 Å². The van der Waals surface area contributed by atoms with Crippen molar-refractivity contribution in [2.24, 2.45) is 0 Å². The molecule has 0 unspecified atom stereocenters. The second-order valence-electron chi connectivity index (χ2n) is 3.81. The molecule has 0 fully saturated rings. The van der Waals surface area contributed by atoms with E-state index in [1.165, 1.54) is 0 Å². The average molecular weight is 256 g/mol. The van der Waals surface area contributed by atoms with Crippen molar-refractivity contribution in [2.75, 3.05) is 17.8 Å². The van der Waals surface area contributed by atoms with Crippen molar-refractivity contribution >= 4 is 23.2 Å². The molecule has 0 aliphatic heterocycles. The highest BCUT2D eigenvalue weighted by Crippen LogP contribution is 2.20. The van der Waals surface area contributed by atoms with Crippen molar-refractivity contribution in [1.82, 2.24) is 0 Å². The number of nitrogens with one attached hydrogen (secondary N) is 1. The maximum absolute atomic E-state index is 11.5. The number of ether oxygens (including phenoxy) is 1. The van der Waals surface area contributed by atoms with E-state index < -0.39 is 0 Å². The van der Waals surface area contributed by atoms with Crippen LogP contribution >= 0.6 is 11.6 Å². The van der Waals surface area contributed by atoms with E-state index in [9.17, 15) is 4.79 Å². The lowest BCUT2D eigenvalue weighted by atomic mass is 10.2. The normalized spacial score (nSPS) is 10.1. The van der Waals surface area contributed by atoms with Crippen LogP contribution in [0, 0.1) is 6.92 Å². The molecule has 17 heavy (non-hydrogen) atoms. The molecule has 0 heterocycles. The molecule has 0 bridgehead atoms. The molecule has 3 nitrogen and oxygen atoms in total. The van der Waals surface area contributed by atoms with Crippen molar-refractivity contribution in [3.05, 3.63) is 23.8 Å². The Morgan fingerprint density at radius 1 is 1.41 bits per heavy atom. The number of anilines is 1. The smallest absolute Gasteiger partial charge is 0.224 e. The van der Waals surface area contributed by atoms with Gasteiger partial charge in [-0.2, -0.15) is 0 Å². The van der Waals surface area contributed by atoms with E-state index in [0.717, 1.165) is 17.0 Å². The number of halogens is 1. The van der Waals surface area contributed by atoms with Gasteiger partial charge in [-0.25, -0.2) is 0 Å². The number of carbonyl (C=O) groups excluding carboxylic acids is 1. The number of aryl methyl sites for hydroxylation is 1. The highest BCUT2D eigenvalue weighted by atomic mass is 35.5. The highest BCUT2D eigenvalue weighted by molar-refractivity contribution is 6.18. The number of hydrogen-bond acceptors (Lipinski definition) is 2. The van der Waals surface area contributed by atoms with Gasteiger partial charge < -0.3 is 10.1 Å². The van der Waals surface area contributed by atoms with Gasteiger partial charge in [0.25, 0.3) is 0 Å². The number of benzene rings is 1. The number of hydrogen-bond donors (Lipinski definition) is 1. The summed E-state index contributed by atoms with van der Waals surface area (Å²) in [6.45, 7) is 4.51. The molecule has 1 rings (SSSR count). The SMILES string of the molecule is CCOc1cc(C)cc(NC(=O)CCCCl)c1. The van der Waals surface area contributed by atoms with Crippen LogP contribution in [0.25, 0.3) is 0 Å². The van der Waals surface area contributed by atoms with E-state index in [2.05, 4.69) is 5.32 Å². The minimum Gasteiger partial charge on any atom is -0.494 e. The van der Waals surface area contributed by atoms with Gasteiger partial charge in [-0.05, 0) is 38.0 Å². The number of rotatable bonds is 6. The third-order valence-corrected chi connectivity index (χ3v) is 2.45. The second kappa shape index (κ2) is 7.17. The van der Waals surface area contributed by atoms with Crippen LogP contribution in [0.15, 0.2) is 18.2 Å². The fourth-order valence-corrected chi connectivity index (χ4v) is 1.65. The maximum Gasteiger partial charge on any atom is 0.224 e. The number of alkyl halides is 1. The van der Waals surface area contributed by atoms with E-state index in [4.69, 9.17) is 16.3 Å². The van der Waals surface area contributed by atoms with Gasteiger partial charge in [0.05, 0.1) is 6.61 Å². The van der Waals surface area contributed by atoms with Crippen molar-refractivity contribution in [3.8, 4) is 5.75 Å². The van der Waals surface area contributed by atoms with E-state index in [-0.39, 0.29) is 5.91 Å². The molecule has 0 radical (unpaired) electrons. The largest absolute Gasteiger partial charge is 0.494 e. The molecule has 0 aliphatic carbocycles. The fourth-order valence-electron chi connectivity index (χ4n) is 1.52. The third-order valence-electron chi connectivity index (χ3n) is 2.18. The van der Waals surface area contributed by atoms with Gasteiger partial charge >= 0.3 is 0 Å². The van der Waals surface area contributed by atoms with Crippen molar-refractivity contribution in [1.29, 1.82) is 0 Å². The summed E-state index contributed by atoms with van der Waals surface area (Å²) < 4.78 is 5.42. The van der Waals surface area contributed by atoms with Crippen molar-refractivity contribution in [2.45, 2.75) is 26.7 Å². The summed E-state index contributed by atoms with van der Waals surface area (Å²) >= 11 is 5.54. The molecular weight excluding hydrogens is 238 g/mol. The van der Waals surface area contributed by atoms with Gasteiger partial charge in [-0.15, -0.1) is 11.6 Å². The molecule has 1 aromatic carbocycles. The Morgan fingerprint density at radius 3 is 2.82 bits per heavy atom. The standard InChI is InChI=1S/C13H18ClNO2/c1-3-17-12-8-10(2)7-11(9-12)15-13(16)5-4-6-14/h7-9H,3-6H2,1-2H3,(H,15,16). The summed E-state index contributed by atoms with van der Waals surface area (Å²) in [6.07, 6.45) is 1.14. The summed E-state index contributed by atoms with van der Waals surface area (Å²) in [5.74, 6) is 1.27. The molecule has 94 valence electrons. The Morgan fingerprint density at radius 2 is 2.18 bits per heavy atom. The van der Waals surface area contributed by atoms with E-state index in [1.807, 2.05) is 32.0 Å². The molecule has 0 atom stereocenters. The molecule has 0 spiro atoms. The third kappa shape index (κ3) is 5.09. The van der Waals surface area contributed by atoms with Gasteiger partial charge in [0.15, 0.2) is 0 Å². The lowest BCUT2D eigenvalue weighted by Crippen LogP contribution is -2.11. The topological polar surface area (TPSA) is 38.3 Å². The molecule has 1 amide bonds. The van der Waals surface area contributed by atoms with Crippen LogP contribution in [0.3, 0.4) is 0 Å². The van der Waals surface area contributed by atoms with Crippen molar-refractivity contribution in [3.63, 3.8) is 0 Å². The van der Waals surface area contributed by atoms with Gasteiger partial charge in [0.1, 0.15) is 5.75 Å². The van der Waals surface area contributed by atoms with Crippen LogP contribution in [-0.4, -0.2) is 18.4 Å². The molecule has 1 N–H and O–H groups in total. The Labute approximate surface area is 107 Å². The van der Waals surface area contributed by atoms with E-state index in [0.29, 0.717) is 25.3 Å². The summed E-state index contributed by atoms with van der Waals surface area (Å²) in [5.41, 5.74) is 1.83. The van der Waals surface area contributed by atoms with Crippen molar-refractivity contribution < 1.29 is 9.53 Å². The summed E-state index contributed by atoms with van der Waals surface area (Å²) in [5, 5.41) is 2.84. The molecule has 0 saturated heterocycles. The van der Waals surface area contributed by atoms with Crippen LogP contribution in [0.5, 0.6) is 5.75 Å². The lowest BCUT2D eigenvalue weighted by Gasteiger charge is -2.09. The number of carbonyl (C=O) groups is 1. The lowest BCUT2D eigenvalue weighted by molar-refractivity contribution is -0.116. The zero-order chi connectivity index (χ0) is 12.7. The first-order chi connectivity index (χ1) is 8.15. The first-order valence-corrected chi connectivity index (χ1v) is 6.29. The van der Waals surface area contributed by atoms with Crippen LogP contribution in [-0.2, 0) is 4.79 Å². The van der Waals surface area contributed by atoms with Crippen LogP contribution in [0.4, 0.5) is 5.69 Å². The summed E-state index contributed by atoms with van der Waals surface area (Å²) in [7, 11) is 0. The van der Waals surface area contributed by atoms with Gasteiger partial charge in [-0.3, -0.25) is 4.79 Å². The Balaban J connectivity index is 2.66. The molecule has 1 aromatic rings. The van der Waals surface area contributed by atoms with E-state index in [1.54, 1.807) is 0 Å². The van der Waals surface area contributed by atoms with Crippen LogP contribution in [0.1, 0.15) is 25.3 Å². The predicted molar refractivity (Wildman–Crippen MR) is 70.9 cm³/mol. The molecular formula is C13H18ClNO2. The Bertz CT molecular complexity index is 380. The summed E-state index contributed by atoms with van der Waals surface area (Å²) in [4.78, 5) is 11.5. The number of amides is 1. The van der Waals surface area contributed by atoms with Gasteiger partial charge in [-0.1, -0.05) is 0 Å². The summed E-state index contributed by atoms with van der Waals surface area (Å²) in [6, 6.07) is 5.69. The Hall–Kier alpha value is -1.22. The van der Waals surface area contributed by atoms with E-state index >= 15 is 0 Å². The minimum absolute atomic E-state index is 0.0151. The molecule has 4 heteroatoms. The van der Waals surface area contributed by atoms with Gasteiger partial charge in [0.2, 0.25) is 5.91 Å². The monoisotopic (exact) mass is 255 g/mol.